The normalized spacial score (nSPS) is 10.9. The van der Waals surface area contributed by atoms with E-state index in [1.807, 2.05) is 6.92 Å². The summed E-state index contributed by atoms with van der Waals surface area (Å²) in [5, 5.41) is 36.2. The second-order valence-electron chi connectivity index (χ2n) is 7.34. The van der Waals surface area contributed by atoms with E-state index in [2.05, 4.69) is 35.5 Å². The van der Waals surface area contributed by atoms with Crippen molar-refractivity contribution in [3.8, 4) is 11.1 Å². The largest absolute Gasteiger partial charge is 0.383 e. The van der Waals surface area contributed by atoms with Gasteiger partial charge in [0.05, 0.1) is 21.2 Å². The number of nitrogens with two attached hydrogens (primary N) is 2. The third-order valence-corrected chi connectivity index (χ3v) is 5.19. The van der Waals surface area contributed by atoms with Gasteiger partial charge in [-0.05, 0) is 34.4 Å². The average molecular weight is 480 g/mol. The smallest absolute Gasteiger partial charge is 0.300 e. The highest BCUT2D eigenvalue weighted by Crippen LogP contribution is 2.35. The van der Waals surface area contributed by atoms with E-state index in [9.17, 15) is 20.2 Å². The Morgan fingerprint density at radius 2 is 1.57 bits per heavy atom. The number of hydrogen-bond donors (Lipinski definition) is 4. The molecular weight excluding hydrogens is 460 g/mol. The van der Waals surface area contributed by atoms with Crippen molar-refractivity contribution in [1.82, 2.24) is 20.3 Å². The van der Waals surface area contributed by atoms with Gasteiger partial charge in [-0.25, -0.2) is 9.61 Å². The number of aromatic nitrogens is 4. The first-order valence-electron chi connectivity index (χ1n) is 10.4. The highest BCUT2D eigenvalue weighted by molar-refractivity contribution is 5.93. The monoisotopic (exact) mass is 480 g/mol. The molecule has 0 unspecified atom stereocenters. The zero-order valence-electron chi connectivity index (χ0n) is 18.4. The summed E-state index contributed by atoms with van der Waals surface area (Å²) >= 11 is 0. The summed E-state index contributed by atoms with van der Waals surface area (Å²) in [5.74, 6) is 0.181. The molecule has 2 heterocycles. The lowest BCUT2D eigenvalue weighted by molar-refractivity contribution is -0.383. The molecule has 0 saturated heterocycles. The maximum absolute atomic E-state index is 11.7. The fourth-order valence-corrected chi connectivity index (χ4v) is 3.64. The van der Waals surface area contributed by atoms with Crippen LogP contribution in [0.3, 0.4) is 0 Å². The molecule has 0 amide bonds. The van der Waals surface area contributed by atoms with Gasteiger partial charge >= 0.3 is 5.69 Å². The number of nitro benzene ring substituents is 2. The number of non-ortho nitro benzene ring substituents is 1. The first-order valence-corrected chi connectivity index (χ1v) is 10.4. The summed E-state index contributed by atoms with van der Waals surface area (Å²) in [6, 6.07) is 7.46. The van der Waals surface area contributed by atoms with Gasteiger partial charge in [0.15, 0.2) is 5.52 Å². The molecule has 15 nitrogen and oxygen atoms in total. The number of nitro groups is 2. The highest BCUT2D eigenvalue weighted by Gasteiger charge is 2.21. The summed E-state index contributed by atoms with van der Waals surface area (Å²) in [4.78, 5) is 29.9. The molecular formula is C20H20N10O5. The molecule has 2 aromatic carbocycles. The molecule has 0 spiro atoms. The zero-order valence-corrected chi connectivity index (χ0v) is 18.4. The number of anilines is 4. The molecule has 0 saturated carbocycles. The second-order valence-corrected chi connectivity index (χ2v) is 7.34. The Labute approximate surface area is 196 Å². The molecule has 0 aliphatic heterocycles. The van der Waals surface area contributed by atoms with Crippen molar-refractivity contribution >= 4 is 45.5 Å². The minimum Gasteiger partial charge on any atom is -0.383 e. The van der Waals surface area contributed by atoms with Gasteiger partial charge in [-0.15, -0.1) is 0 Å². The number of nitrogens with one attached hydrogen (secondary N) is 2. The lowest BCUT2D eigenvalue weighted by atomic mass is 10.0. The van der Waals surface area contributed by atoms with Gasteiger partial charge < -0.3 is 22.1 Å². The van der Waals surface area contributed by atoms with E-state index in [1.54, 1.807) is 12.1 Å². The van der Waals surface area contributed by atoms with Crippen molar-refractivity contribution in [1.29, 1.82) is 0 Å². The van der Waals surface area contributed by atoms with E-state index < -0.39 is 9.85 Å². The SMILES string of the molecule is CCc1nc(N)nc(N)c1-c1ccc(NCCNc2ccc([N+](=O)[O-])c3nonc23)c([N+](=O)[O-])c1. The molecule has 0 aliphatic rings. The van der Waals surface area contributed by atoms with Crippen LogP contribution in [-0.2, 0) is 6.42 Å². The van der Waals surface area contributed by atoms with Crippen LogP contribution in [-0.4, -0.2) is 43.2 Å². The number of nitrogens with zero attached hydrogens (tertiary/aromatic N) is 6. The predicted molar refractivity (Wildman–Crippen MR) is 128 cm³/mol. The Morgan fingerprint density at radius 3 is 2.26 bits per heavy atom. The lowest BCUT2D eigenvalue weighted by Gasteiger charge is -2.13. The van der Waals surface area contributed by atoms with Gasteiger partial charge in [0, 0.05) is 30.8 Å². The highest BCUT2D eigenvalue weighted by atomic mass is 16.6. The van der Waals surface area contributed by atoms with Crippen LogP contribution in [0.1, 0.15) is 12.6 Å². The lowest BCUT2D eigenvalue weighted by Crippen LogP contribution is -2.14. The maximum Gasteiger partial charge on any atom is 0.300 e. The van der Waals surface area contributed by atoms with Crippen molar-refractivity contribution in [3.05, 3.63) is 56.3 Å². The Bertz CT molecular complexity index is 1440. The third kappa shape index (κ3) is 4.54. The fourth-order valence-electron chi connectivity index (χ4n) is 3.64. The minimum absolute atomic E-state index is 0.0246. The van der Waals surface area contributed by atoms with Crippen molar-refractivity contribution in [2.45, 2.75) is 13.3 Å². The molecule has 0 fully saturated rings. The zero-order chi connectivity index (χ0) is 25.1. The number of rotatable bonds is 9. The van der Waals surface area contributed by atoms with E-state index in [0.29, 0.717) is 41.2 Å². The summed E-state index contributed by atoms with van der Waals surface area (Å²) in [6.45, 7) is 2.48. The van der Waals surface area contributed by atoms with Crippen molar-refractivity contribution in [2.75, 3.05) is 35.2 Å². The van der Waals surface area contributed by atoms with Crippen LogP contribution in [0.15, 0.2) is 35.0 Å². The topological polar surface area (TPSA) is 227 Å². The van der Waals surface area contributed by atoms with Gasteiger partial charge in [-0.3, -0.25) is 20.2 Å². The molecule has 0 aliphatic carbocycles. The van der Waals surface area contributed by atoms with Crippen molar-refractivity contribution in [2.24, 2.45) is 0 Å². The van der Waals surface area contributed by atoms with Crippen molar-refractivity contribution < 1.29 is 14.5 Å². The number of hydrogen-bond acceptors (Lipinski definition) is 13. The molecule has 35 heavy (non-hydrogen) atoms. The van der Waals surface area contributed by atoms with E-state index in [0.717, 1.165) is 0 Å². The molecule has 15 heteroatoms. The number of aryl methyl sites for hydroxylation is 1. The van der Waals surface area contributed by atoms with E-state index in [1.165, 1.54) is 18.2 Å². The van der Waals surface area contributed by atoms with E-state index in [4.69, 9.17) is 11.5 Å². The molecule has 0 bridgehead atoms. The van der Waals surface area contributed by atoms with Crippen LogP contribution in [0, 0.1) is 20.2 Å². The molecule has 6 N–H and O–H groups in total. The van der Waals surface area contributed by atoms with Gasteiger partial charge in [0.2, 0.25) is 11.5 Å². The van der Waals surface area contributed by atoms with Crippen LogP contribution in [0.25, 0.3) is 22.2 Å². The molecule has 0 radical (unpaired) electrons. The summed E-state index contributed by atoms with van der Waals surface area (Å²) in [5.41, 5.74) is 13.9. The Kier molecular flexibility index (Phi) is 6.21. The van der Waals surface area contributed by atoms with E-state index in [-0.39, 0.29) is 40.7 Å². The maximum atomic E-state index is 11.7. The minimum atomic E-state index is -0.575. The Balaban J connectivity index is 1.51. The first kappa shape index (κ1) is 23.1. The summed E-state index contributed by atoms with van der Waals surface area (Å²) in [6.07, 6.45) is 0.517. The van der Waals surface area contributed by atoms with Crippen LogP contribution in [0.4, 0.5) is 34.5 Å². The first-order chi connectivity index (χ1) is 16.8. The van der Waals surface area contributed by atoms with Crippen LogP contribution in [0.5, 0.6) is 0 Å². The summed E-state index contributed by atoms with van der Waals surface area (Å²) < 4.78 is 4.63. The Morgan fingerprint density at radius 1 is 0.914 bits per heavy atom. The van der Waals surface area contributed by atoms with Crippen LogP contribution >= 0.6 is 0 Å². The van der Waals surface area contributed by atoms with Gasteiger partial charge in [-0.1, -0.05) is 13.0 Å². The van der Waals surface area contributed by atoms with Gasteiger partial charge in [0.1, 0.15) is 11.5 Å². The Hall–Kier alpha value is -5.08. The second kappa shape index (κ2) is 9.42. The van der Waals surface area contributed by atoms with Gasteiger partial charge in [0.25, 0.3) is 5.69 Å². The fraction of sp³-hybridized carbons (Fsp3) is 0.200. The molecule has 4 aromatic rings. The number of nitrogen functional groups attached to an aromatic ring is 2. The van der Waals surface area contributed by atoms with E-state index >= 15 is 0 Å². The summed E-state index contributed by atoms with van der Waals surface area (Å²) in [7, 11) is 0. The molecule has 180 valence electrons. The standard InChI is InChI=1S/C20H20N10O5/c1-2-11-16(19(21)26-20(22)25-11)10-3-4-12(15(9-10)30(33)34)23-7-8-24-13-5-6-14(29(31)32)18-17(13)27-35-28-18/h3-6,9,23-24H,2,7-8H2,1H3,(H4,21,22,25,26). The third-order valence-electron chi connectivity index (χ3n) is 5.19. The van der Waals surface area contributed by atoms with Crippen molar-refractivity contribution in [3.63, 3.8) is 0 Å². The van der Waals surface area contributed by atoms with Gasteiger partial charge in [-0.2, -0.15) is 4.98 Å². The number of benzene rings is 2. The number of fused-ring (bicyclic) bond motifs is 1. The molecule has 4 rings (SSSR count). The molecule has 0 atom stereocenters. The average Bonchev–Trinajstić information content (AvgIpc) is 3.31. The predicted octanol–water partition coefficient (Wildman–Crippen LogP) is 2.75. The van der Waals surface area contributed by atoms with Crippen LogP contribution < -0.4 is 22.1 Å². The van der Waals surface area contributed by atoms with Crippen LogP contribution in [0.2, 0.25) is 0 Å². The quantitative estimate of drug-likeness (QED) is 0.154. The molecule has 2 aromatic heterocycles.